The van der Waals surface area contributed by atoms with Crippen LogP contribution < -0.4 is 18.9 Å². The van der Waals surface area contributed by atoms with Crippen molar-refractivity contribution >= 4 is 29.5 Å². The van der Waals surface area contributed by atoms with Crippen LogP contribution in [0.4, 0.5) is 0 Å². The summed E-state index contributed by atoms with van der Waals surface area (Å²) in [6.07, 6.45) is 1.57. The third-order valence-corrected chi connectivity index (χ3v) is 4.34. The van der Waals surface area contributed by atoms with Gasteiger partial charge in [-0.3, -0.25) is 0 Å². The molecule has 29 heavy (non-hydrogen) atoms. The number of nitrogens with zero attached hydrogens (tertiary/aromatic N) is 1. The van der Waals surface area contributed by atoms with Crippen molar-refractivity contribution in [2.75, 3.05) is 27.9 Å². The zero-order valence-electron chi connectivity index (χ0n) is 16.4. The number of esters is 1. The Morgan fingerprint density at radius 2 is 1.72 bits per heavy atom. The Hall–Kier alpha value is -3.19. The van der Waals surface area contributed by atoms with Gasteiger partial charge in [-0.05, 0) is 42.8 Å². The fraction of sp³-hybridized carbons (Fsp3) is 0.238. The largest absolute Gasteiger partial charge is 0.497 e. The lowest BCUT2D eigenvalue weighted by atomic mass is 10.1. The van der Waals surface area contributed by atoms with Gasteiger partial charge in [-0.25, -0.2) is 9.79 Å². The van der Waals surface area contributed by atoms with Crippen LogP contribution in [0.25, 0.3) is 6.08 Å². The van der Waals surface area contributed by atoms with Crippen molar-refractivity contribution < 1.29 is 28.5 Å². The Bertz CT molecular complexity index is 977. The Labute approximate surface area is 173 Å². The first-order valence-electron chi connectivity index (χ1n) is 8.75. The van der Waals surface area contributed by atoms with Crippen molar-refractivity contribution in [1.29, 1.82) is 0 Å². The molecule has 1 aliphatic rings. The van der Waals surface area contributed by atoms with Crippen molar-refractivity contribution in [2.24, 2.45) is 4.99 Å². The summed E-state index contributed by atoms with van der Waals surface area (Å²) in [5.74, 6) is 1.59. The quantitative estimate of drug-likeness (QED) is 0.498. The number of hydrogen-bond acceptors (Lipinski definition) is 7. The van der Waals surface area contributed by atoms with E-state index in [1.807, 2.05) is 6.92 Å². The number of halogens is 1. The average molecular weight is 418 g/mol. The number of benzene rings is 2. The van der Waals surface area contributed by atoms with Gasteiger partial charge in [-0.1, -0.05) is 11.6 Å². The molecular weight excluding hydrogens is 398 g/mol. The minimum Gasteiger partial charge on any atom is -0.497 e. The molecule has 7 nitrogen and oxygen atoms in total. The van der Waals surface area contributed by atoms with Gasteiger partial charge in [0.2, 0.25) is 5.90 Å². The van der Waals surface area contributed by atoms with Crippen LogP contribution in [-0.2, 0) is 9.53 Å². The number of rotatable bonds is 7. The maximum absolute atomic E-state index is 12.3. The molecule has 3 rings (SSSR count). The van der Waals surface area contributed by atoms with Gasteiger partial charge < -0.3 is 23.7 Å². The minimum atomic E-state index is -0.578. The second-order valence-electron chi connectivity index (χ2n) is 5.90. The van der Waals surface area contributed by atoms with Crippen LogP contribution in [0.15, 0.2) is 41.0 Å². The molecular formula is C21H20ClNO6. The third-order valence-electron chi connectivity index (χ3n) is 4.06. The lowest BCUT2D eigenvalue weighted by Crippen LogP contribution is -2.06. The molecule has 152 valence electrons. The fourth-order valence-corrected chi connectivity index (χ4v) is 3.00. The number of cyclic esters (lactones) is 1. The van der Waals surface area contributed by atoms with Gasteiger partial charge in [-0.15, -0.1) is 0 Å². The van der Waals surface area contributed by atoms with Gasteiger partial charge in [-0.2, -0.15) is 0 Å². The highest BCUT2D eigenvalue weighted by Gasteiger charge is 2.25. The number of carbonyl (C=O) groups is 1. The molecule has 0 bridgehead atoms. The predicted octanol–water partition coefficient (Wildman–Crippen LogP) is 4.11. The second-order valence-corrected chi connectivity index (χ2v) is 6.31. The molecule has 0 saturated heterocycles. The Kier molecular flexibility index (Phi) is 6.29. The second kappa shape index (κ2) is 8.87. The Morgan fingerprint density at radius 3 is 2.31 bits per heavy atom. The lowest BCUT2D eigenvalue weighted by Gasteiger charge is -2.11. The molecule has 1 heterocycles. The number of methoxy groups -OCH3 is 3. The fourth-order valence-electron chi connectivity index (χ4n) is 2.73. The first kappa shape index (κ1) is 20.5. The summed E-state index contributed by atoms with van der Waals surface area (Å²) in [6.45, 7) is 2.30. The SMILES string of the molecule is CCOc1c(Cl)cc(/C=C2\N=C(c3cc(OC)cc(OC)c3)OC2=O)cc1OC. The Balaban J connectivity index is 1.98. The third kappa shape index (κ3) is 4.46. The van der Waals surface area contributed by atoms with Gasteiger partial charge in [0.05, 0.1) is 33.0 Å². The molecule has 0 spiro atoms. The average Bonchev–Trinajstić information content (AvgIpc) is 3.09. The van der Waals surface area contributed by atoms with Gasteiger partial charge in [0.1, 0.15) is 11.5 Å². The molecule has 0 amide bonds. The van der Waals surface area contributed by atoms with Crippen LogP contribution in [0.2, 0.25) is 5.02 Å². The zero-order valence-corrected chi connectivity index (χ0v) is 17.2. The number of hydrogen-bond donors (Lipinski definition) is 0. The summed E-state index contributed by atoms with van der Waals surface area (Å²) in [6, 6.07) is 8.49. The van der Waals surface area contributed by atoms with E-state index in [-0.39, 0.29) is 11.6 Å². The zero-order chi connectivity index (χ0) is 21.0. The van der Waals surface area contributed by atoms with E-state index < -0.39 is 5.97 Å². The van der Waals surface area contributed by atoms with E-state index in [0.29, 0.717) is 45.8 Å². The van der Waals surface area contributed by atoms with E-state index in [9.17, 15) is 4.79 Å². The van der Waals surface area contributed by atoms with Crippen molar-refractivity contribution in [1.82, 2.24) is 0 Å². The smallest absolute Gasteiger partial charge is 0.363 e. The Morgan fingerprint density at radius 1 is 1.03 bits per heavy atom. The molecule has 0 saturated carbocycles. The van der Waals surface area contributed by atoms with Crippen LogP contribution in [0, 0.1) is 0 Å². The van der Waals surface area contributed by atoms with Crippen LogP contribution in [0.3, 0.4) is 0 Å². The van der Waals surface area contributed by atoms with Crippen LogP contribution in [0.5, 0.6) is 23.0 Å². The monoisotopic (exact) mass is 417 g/mol. The number of ether oxygens (including phenoxy) is 5. The van der Waals surface area contributed by atoms with E-state index in [1.165, 1.54) is 21.3 Å². The first-order chi connectivity index (χ1) is 14.0. The molecule has 0 radical (unpaired) electrons. The molecule has 0 unspecified atom stereocenters. The number of carbonyl (C=O) groups excluding carboxylic acids is 1. The maximum atomic E-state index is 12.3. The molecule has 8 heteroatoms. The van der Waals surface area contributed by atoms with Gasteiger partial charge in [0, 0.05) is 11.6 Å². The summed E-state index contributed by atoms with van der Waals surface area (Å²) < 4.78 is 26.7. The number of aliphatic imine (C=N–C) groups is 1. The minimum absolute atomic E-state index is 0.129. The van der Waals surface area contributed by atoms with E-state index >= 15 is 0 Å². The van der Waals surface area contributed by atoms with E-state index in [2.05, 4.69) is 4.99 Å². The highest BCUT2D eigenvalue weighted by Crippen LogP contribution is 2.37. The van der Waals surface area contributed by atoms with Crippen molar-refractivity contribution in [3.05, 3.63) is 52.2 Å². The van der Waals surface area contributed by atoms with E-state index in [0.717, 1.165) is 0 Å². The maximum Gasteiger partial charge on any atom is 0.363 e. The van der Waals surface area contributed by atoms with Crippen LogP contribution >= 0.6 is 11.6 Å². The summed E-state index contributed by atoms with van der Waals surface area (Å²) >= 11 is 6.29. The highest BCUT2D eigenvalue weighted by atomic mass is 35.5. The van der Waals surface area contributed by atoms with Crippen molar-refractivity contribution in [3.8, 4) is 23.0 Å². The molecule has 0 N–H and O–H groups in total. The molecule has 2 aromatic rings. The van der Waals surface area contributed by atoms with E-state index in [1.54, 1.807) is 36.4 Å². The van der Waals surface area contributed by atoms with Gasteiger partial charge in [0.15, 0.2) is 17.2 Å². The summed E-state index contributed by atoms with van der Waals surface area (Å²) in [5.41, 5.74) is 1.31. The molecule has 0 aromatic heterocycles. The predicted molar refractivity (Wildman–Crippen MR) is 109 cm³/mol. The summed E-state index contributed by atoms with van der Waals surface area (Å²) in [7, 11) is 4.59. The van der Waals surface area contributed by atoms with E-state index in [4.69, 9.17) is 35.3 Å². The van der Waals surface area contributed by atoms with Crippen LogP contribution in [0.1, 0.15) is 18.1 Å². The van der Waals surface area contributed by atoms with Crippen molar-refractivity contribution in [3.63, 3.8) is 0 Å². The summed E-state index contributed by atoms with van der Waals surface area (Å²) in [4.78, 5) is 16.6. The topological polar surface area (TPSA) is 75.6 Å². The molecule has 0 atom stereocenters. The summed E-state index contributed by atoms with van der Waals surface area (Å²) in [5, 5.41) is 0.367. The molecule has 2 aromatic carbocycles. The van der Waals surface area contributed by atoms with Gasteiger partial charge in [0.25, 0.3) is 0 Å². The molecule has 0 aliphatic carbocycles. The highest BCUT2D eigenvalue weighted by molar-refractivity contribution is 6.32. The normalized spacial score (nSPS) is 14.4. The van der Waals surface area contributed by atoms with Gasteiger partial charge >= 0.3 is 5.97 Å². The molecule has 0 fully saturated rings. The first-order valence-corrected chi connectivity index (χ1v) is 9.13. The van der Waals surface area contributed by atoms with Crippen molar-refractivity contribution in [2.45, 2.75) is 6.92 Å². The lowest BCUT2D eigenvalue weighted by molar-refractivity contribution is -0.129. The van der Waals surface area contributed by atoms with Crippen LogP contribution in [-0.4, -0.2) is 39.8 Å². The standard InChI is InChI=1S/C21H20ClNO6/c1-5-28-19-16(22)6-12(8-18(19)27-4)7-17-21(24)29-20(23-17)13-9-14(25-2)11-15(10-13)26-3/h6-11H,5H2,1-4H3/b17-7-. The molecule has 1 aliphatic heterocycles.